The van der Waals surface area contributed by atoms with Crippen LogP contribution in [0.3, 0.4) is 0 Å². The molecule has 2 heterocycles. The van der Waals surface area contributed by atoms with Crippen molar-refractivity contribution in [1.82, 2.24) is 5.32 Å². The molecule has 2 aliphatic rings. The number of carbonyl (C=O) groups excluding carboxylic acids is 1. The zero-order valence-electron chi connectivity index (χ0n) is 41.8. The number of nitrogens with one attached hydrogen (secondary N) is 1. The molecule has 0 aromatic rings. The first-order valence-electron chi connectivity index (χ1n) is 26.5. The molecule has 0 radical (unpaired) electrons. The standard InChI is InChI=1S/C54H95NO13/c1-3-5-7-9-11-13-15-17-19-21-23-25-27-29-31-33-35-37-43(58)42(55-46(59)38-36-34-32-30-28-26-24-22-20-18-16-14-12-10-8-6-4-2)41-65-53-51(64)49(62)52(45(40-57)67-53)68-54-50(63)48(61)47(60)44(39-56)66-54/h12,14,18-21,27,29,35,37,42-45,47-54,56-58,60-64H,3-11,13,15-17,22-26,28,30-34,36,38-41H2,1-2H3,(H,55,59)/b14-12-,20-18-,21-19+,29-27+,37-35+. The summed E-state index contributed by atoms with van der Waals surface area (Å²) in [7, 11) is 0. The second-order valence-electron chi connectivity index (χ2n) is 18.6. The first-order valence-corrected chi connectivity index (χ1v) is 26.5. The third-order valence-corrected chi connectivity index (χ3v) is 12.7. The van der Waals surface area contributed by atoms with Gasteiger partial charge in [-0.05, 0) is 77.0 Å². The van der Waals surface area contributed by atoms with E-state index in [0.717, 1.165) is 64.2 Å². The number of hydrogen-bond donors (Lipinski definition) is 9. The Morgan fingerprint density at radius 2 is 0.985 bits per heavy atom. The molecular formula is C54H95NO13. The first kappa shape index (κ1) is 61.8. The van der Waals surface area contributed by atoms with Crippen LogP contribution in [0.5, 0.6) is 0 Å². The Kier molecular flexibility index (Phi) is 36.6. The average molecular weight is 966 g/mol. The minimum absolute atomic E-state index is 0.259. The van der Waals surface area contributed by atoms with Gasteiger partial charge in [0.25, 0.3) is 0 Å². The van der Waals surface area contributed by atoms with E-state index in [1.54, 1.807) is 6.08 Å². The number of unbranched alkanes of at least 4 members (excludes halogenated alkanes) is 19. The van der Waals surface area contributed by atoms with Crippen molar-refractivity contribution in [1.29, 1.82) is 0 Å². The molecule has 394 valence electrons. The average Bonchev–Trinajstić information content (AvgIpc) is 3.34. The van der Waals surface area contributed by atoms with Gasteiger partial charge in [0.1, 0.15) is 48.8 Å². The summed E-state index contributed by atoms with van der Waals surface area (Å²) in [6.07, 6.45) is 32.5. The van der Waals surface area contributed by atoms with E-state index in [2.05, 4.69) is 67.8 Å². The third kappa shape index (κ3) is 26.8. The molecule has 0 aromatic heterocycles. The van der Waals surface area contributed by atoms with Gasteiger partial charge in [0, 0.05) is 6.42 Å². The van der Waals surface area contributed by atoms with Crippen molar-refractivity contribution in [2.45, 2.75) is 254 Å². The highest BCUT2D eigenvalue weighted by molar-refractivity contribution is 5.76. The molecule has 0 aliphatic carbocycles. The second kappa shape index (κ2) is 40.3. The lowest BCUT2D eigenvalue weighted by atomic mass is 9.97. The van der Waals surface area contributed by atoms with Gasteiger partial charge in [-0.15, -0.1) is 0 Å². The normalized spacial score (nSPS) is 26.9. The molecule has 14 heteroatoms. The Labute approximate surface area is 409 Å². The third-order valence-electron chi connectivity index (χ3n) is 12.7. The number of allylic oxidation sites excluding steroid dienone is 9. The molecule has 2 saturated heterocycles. The molecule has 2 fully saturated rings. The van der Waals surface area contributed by atoms with Gasteiger partial charge in [-0.2, -0.15) is 0 Å². The van der Waals surface area contributed by atoms with Crippen LogP contribution in [0.1, 0.15) is 181 Å². The number of aliphatic hydroxyl groups excluding tert-OH is 8. The van der Waals surface area contributed by atoms with Crippen molar-refractivity contribution in [3.05, 3.63) is 60.8 Å². The summed E-state index contributed by atoms with van der Waals surface area (Å²) in [5.41, 5.74) is 0. The van der Waals surface area contributed by atoms with Gasteiger partial charge in [-0.25, -0.2) is 0 Å². The summed E-state index contributed by atoms with van der Waals surface area (Å²) < 4.78 is 22.7. The smallest absolute Gasteiger partial charge is 0.220 e. The van der Waals surface area contributed by atoms with Crippen molar-refractivity contribution >= 4 is 5.91 Å². The van der Waals surface area contributed by atoms with E-state index < -0.39 is 86.8 Å². The fourth-order valence-corrected chi connectivity index (χ4v) is 8.29. The molecule has 0 aromatic carbocycles. The maximum absolute atomic E-state index is 13.2. The highest BCUT2D eigenvalue weighted by Gasteiger charge is 2.51. The molecule has 14 nitrogen and oxygen atoms in total. The summed E-state index contributed by atoms with van der Waals surface area (Å²) in [6.45, 7) is 2.71. The van der Waals surface area contributed by atoms with Crippen molar-refractivity contribution in [2.75, 3.05) is 19.8 Å². The van der Waals surface area contributed by atoms with Crippen LogP contribution in [0.2, 0.25) is 0 Å². The highest BCUT2D eigenvalue weighted by atomic mass is 16.7. The fraction of sp³-hybridized carbons (Fsp3) is 0.796. The Morgan fingerprint density at radius 1 is 0.529 bits per heavy atom. The molecular weight excluding hydrogens is 871 g/mol. The molecule has 68 heavy (non-hydrogen) atoms. The summed E-state index contributed by atoms with van der Waals surface area (Å²) in [5.74, 6) is -0.264. The van der Waals surface area contributed by atoms with Crippen molar-refractivity contribution in [3.8, 4) is 0 Å². The van der Waals surface area contributed by atoms with Crippen LogP contribution in [-0.2, 0) is 23.7 Å². The molecule has 0 spiro atoms. The Bertz CT molecular complexity index is 1370. The summed E-state index contributed by atoms with van der Waals surface area (Å²) in [4.78, 5) is 13.2. The molecule has 2 aliphatic heterocycles. The molecule has 12 atom stereocenters. The SMILES string of the molecule is CCCCC/C=C\C/C=C\CCCCCCCCCC(=O)NC(COC1OC(CO)C(OC2OC(CO)C(O)C(O)C2O)C(O)C1O)C(O)/C=C/CC/C=C/CC/C=C/CCCCCCCCC. The number of carbonyl (C=O) groups is 1. The number of amides is 1. The van der Waals surface area contributed by atoms with Crippen LogP contribution in [-0.4, -0.2) is 140 Å². The highest BCUT2D eigenvalue weighted by Crippen LogP contribution is 2.30. The quantitative estimate of drug-likeness (QED) is 0.0215. The Morgan fingerprint density at radius 3 is 1.56 bits per heavy atom. The van der Waals surface area contributed by atoms with E-state index >= 15 is 0 Å². The molecule has 0 saturated carbocycles. The lowest BCUT2D eigenvalue weighted by molar-refractivity contribution is -0.359. The van der Waals surface area contributed by atoms with Gasteiger partial charge in [0.15, 0.2) is 12.6 Å². The van der Waals surface area contributed by atoms with E-state index in [9.17, 15) is 45.6 Å². The van der Waals surface area contributed by atoms with Crippen LogP contribution in [0, 0.1) is 0 Å². The summed E-state index contributed by atoms with van der Waals surface area (Å²) >= 11 is 0. The maximum atomic E-state index is 13.2. The lowest BCUT2D eigenvalue weighted by Gasteiger charge is -2.46. The lowest BCUT2D eigenvalue weighted by Crippen LogP contribution is -2.65. The van der Waals surface area contributed by atoms with E-state index in [1.165, 1.54) is 83.5 Å². The van der Waals surface area contributed by atoms with Gasteiger partial charge in [-0.1, -0.05) is 158 Å². The fourth-order valence-electron chi connectivity index (χ4n) is 8.29. The summed E-state index contributed by atoms with van der Waals surface area (Å²) in [6, 6.07) is -0.943. The van der Waals surface area contributed by atoms with Crippen molar-refractivity contribution in [2.24, 2.45) is 0 Å². The maximum Gasteiger partial charge on any atom is 0.220 e. The predicted octanol–water partition coefficient (Wildman–Crippen LogP) is 7.44. The second-order valence-corrected chi connectivity index (χ2v) is 18.6. The Hall–Kier alpha value is -2.31. The number of ether oxygens (including phenoxy) is 4. The monoisotopic (exact) mass is 966 g/mol. The van der Waals surface area contributed by atoms with Gasteiger partial charge < -0.3 is 65.1 Å². The van der Waals surface area contributed by atoms with Crippen molar-refractivity contribution < 1.29 is 64.6 Å². The zero-order chi connectivity index (χ0) is 49.6. The van der Waals surface area contributed by atoms with Crippen LogP contribution in [0.15, 0.2) is 60.8 Å². The van der Waals surface area contributed by atoms with Gasteiger partial charge >= 0.3 is 0 Å². The van der Waals surface area contributed by atoms with Crippen molar-refractivity contribution in [3.63, 3.8) is 0 Å². The first-order chi connectivity index (χ1) is 33.1. The summed E-state index contributed by atoms with van der Waals surface area (Å²) in [5, 5.41) is 86.8. The molecule has 9 N–H and O–H groups in total. The molecule has 0 bridgehead atoms. The topological polar surface area (TPSA) is 228 Å². The number of rotatable bonds is 40. The van der Waals surface area contributed by atoms with Crippen LogP contribution < -0.4 is 5.32 Å². The van der Waals surface area contributed by atoms with Gasteiger partial charge in [0.05, 0.1) is 32.0 Å². The number of hydrogen-bond acceptors (Lipinski definition) is 13. The van der Waals surface area contributed by atoms with E-state index in [0.29, 0.717) is 12.8 Å². The number of aliphatic hydroxyl groups is 8. The molecule has 12 unspecified atom stereocenters. The minimum Gasteiger partial charge on any atom is -0.394 e. The molecule has 2 rings (SSSR count). The zero-order valence-corrected chi connectivity index (χ0v) is 41.8. The molecule has 1 amide bonds. The van der Waals surface area contributed by atoms with E-state index in [4.69, 9.17) is 18.9 Å². The van der Waals surface area contributed by atoms with Crippen LogP contribution in [0.25, 0.3) is 0 Å². The van der Waals surface area contributed by atoms with E-state index in [-0.39, 0.29) is 18.9 Å². The van der Waals surface area contributed by atoms with Crippen LogP contribution >= 0.6 is 0 Å². The van der Waals surface area contributed by atoms with Gasteiger partial charge in [-0.3, -0.25) is 4.79 Å². The van der Waals surface area contributed by atoms with Gasteiger partial charge in [0.2, 0.25) is 5.91 Å². The van der Waals surface area contributed by atoms with Crippen LogP contribution in [0.4, 0.5) is 0 Å². The predicted molar refractivity (Wildman–Crippen MR) is 267 cm³/mol. The van der Waals surface area contributed by atoms with E-state index in [1.807, 2.05) is 6.08 Å². The minimum atomic E-state index is -1.79. The Balaban J connectivity index is 1.87. The largest absolute Gasteiger partial charge is 0.394 e.